The third-order valence-corrected chi connectivity index (χ3v) is 3.33. The predicted molar refractivity (Wildman–Crippen MR) is 80.9 cm³/mol. The molecule has 1 aromatic carbocycles. The van der Waals surface area contributed by atoms with E-state index in [0.29, 0.717) is 31.3 Å². The van der Waals surface area contributed by atoms with E-state index in [1.165, 1.54) is 11.1 Å². The smallest absolute Gasteiger partial charge is 0.231 e. The van der Waals surface area contributed by atoms with E-state index in [1.807, 2.05) is 19.1 Å². The fourth-order valence-electron chi connectivity index (χ4n) is 2.02. The maximum Gasteiger partial charge on any atom is 0.231 e. The van der Waals surface area contributed by atoms with E-state index in [-0.39, 0.29) is 0 Å². The second-order valence-corrected chi connectivity index (χ2v) is 5.59. The zero-order chi connectivity index (χ0) is 15.3. The summed E-state index contributed by atoms with van der Waals surface area (Å²) in [7, 11) is 0. The van der Waals surface area contributed by atoms with Gasteiger partial charge in [-0.2, -0.15) is 4.98 Å². The van der Waals surface area contributed by atoms with E-state index >= 15 is 0 Å². The fraction of sp³-hybridized carbons (Fsp3) is 0.500. The molecule has 2 aromatic rings. The molecule has 0 amide bonds. The van der Waals surface area contributed by atoms with Gasteiger partial charge in [0.25, 0.3) is 0 Å². The molecule has 0 aliphatic carbocycles. The molecule has 0 saturated carbocycles. The molecule has 0 bridgehead atoms. The highest BCUT2D eigenvalue weighted by Crippen LogP contribution is 2.17. The Morgan fingerprint density at radius 2 is 2.10 bits per heavy atom. The molecule has 0 saturated heterocycles. The molecule has 0 aliphatic heterocycles. The van der Waals surface area contributed by atoms with Crippen LogP contribution in [0, 0.1) is 6.92 Å². The number of aryl methyl sites for hydroxylation is 1. The van der Waals surface area contributed by atoms with Crippen molar-refractivity contribution in [2.24, 2.45) is 5.73 Å². The SMILES string of the molecule is CCCOCC(C)(N)c1noc(Cc2ccccc2C)n1. The lowest BCUT2D eigenvalue weighted by atomic mass is 10.0. The van der Waals surface area contributed by atoms with Crippen LogP contribution >= 0.6 is 0 Å². The first-order chi connectivity index (χ1) is 10.0. The summed E-state index contributed by atoms with van der Waals surface area (Å²) >= 11 is 0. The number of rotatable bonds is 7. The number of hydrogen-bond acceptors (Lipinski definition) is 5. The summed E-state index contributed by atoms with van der Waals surface area (Å²) in [5.41, 5.74) is 7.85. The van der Waals surface area contributed by atoms with E-state index in [2.05, 4.69) is 36.1 Å². The van der Waals surface area contributed by atoms with Crippen molar-refractivity contribution in [1.82, 2.24) is 10.1 Å². The molecule has 0 fully saturated rings. The summed E-state index contributed by atoms with van der Waals surface area (Å²) in [5.74, 6) is 1.06. The van der Waals surface area contributed by atoms with Gasteiger partial charge in [-0.1, -0.05) is 36.3 Å². The zero-order valence-corrected chi connectivity index (χ0v) is 12.9. The summed E-state index contributed by atoms with van der Waals surface area (Å²) in [6, 6.07) is 8.15. The number of aromatic nitrogens is 2. The molecule has 1 heterocycles. The molecule has 0 aliphatic rings. The number of ether oxygens (including phenoxy) is 1. The van der Waals surface area contributed by atoms with Gasteiger partial charge in [-0.25, -0.2) is 0 Å². The van der Waals surface area contributed by atoms with Gasteiger partial charge in [0.05, 0.1) is 13.0 Å². The first kappa shape index (κ1) is 15.7. The Balaban J connectivity index is 2.05. The van der Waals surface area contributed by atoms with Crippen LogP contribution in [0.5, 0.6) is 0 Å². The van der Waals surface area contributed by atoms with E-state index in [4.69, 9.17) is 15.0 Å². The third kappa shape index (κ3) is 4.12. The molecular formula is C16H23N3O2. The summed E-state index contributed by atoms with van der Waals surface area (Å²) in [6.07, 6.45) is 1.58. The monoisotopic (exact) mass is 289 g/mol. The van der Waals surface area contributed by atoms with Gasteiger partial charge in [0, 0.05) is 6.61 Å². The maximum absolute atomic E-state index is 6.21. The van der Waals surface area contributed by atoms with Crippen LogP contribution < -0.4 is 5.73 Å². The van der Waals surface area contributed by atoms with Gasteiger partial charge in [-0.3, -0.25) is 0 Å². The Kier molecular flexibility index (Phi) is 5.09. The highest BCUT2D eigenvalue weighted by atomic mass is 16.5. The van der Waals surface area contributed by atoms with Crippen molar-refractivity contribution in [3.05, 3.63) is 47.1 Å². The minimum Gasteiger partial charge on any atom is -0.379 e. The normalized spacial score (nSPS) is 14.1. The highest BCUT2D eigenvalue weighted by molar-refractivity contribution is 5.27. The van der Waals surface area contributed by atoms with Gasteiger partial charge in [-0.05, 0) is 31.4 Å². The Hall–Kier alpha value is -1.72. The minimum absolute atomic E-state index is 0.379. The van der Waals surface area contributed by atoms with Gasteiger partial charge in [-0.15, -0.1) is 0 Å². The molecule has 2 rings (SSSR count). The molecule has 0 spiro atoms. The number of hydrogen-bond donors (Lipinski definition) is 1. The minimum atomic E-state index is -0.733. The van der Waals surface area contributed by atoms with E-state index in [0.717, 1.165) is 6.42 Å². The highest BCUT2D eigenvalue weighted by Gasteiger charge is 2.28. The summed E-state index contributed by atoms with van der Waals surface area (Å²) < 4.78 is 10.8. The van der Waals surface area contributed by atoms with E-state index in [1.54, 1.807) is 0 Å². The average Bonchev–Trinajstić information content (AvgIpc) is 2.91. The largest absolute Gasteiger partial charge is 0.379 e. The van der Waals surface area contributed by atoms with Crippen molar-refractivity contribution >= 4 is 0 Å². The van der Waals surface area contributed by atoms with Gasteiger partial charge >= 0.3 is 0 Å². The van der Waals surface area contributed by atoms with Crippen LogP contribution in [0.3, 0.4) is 0 Å². The summed E-state index contributed by atoms with van der Waals surface area (Å²) in [5, 5.41) is 4.00. The van der Waals surface area contributed by atoms with E-state index < -0.39 is 5.54 Å². The fourth-order valence-corrected chi connectivity index (χ4v) is 2.02. The zero-order valence-electron chi connectivity index (χ0n) is 12.9. The lowest BCUT2D eigenvalue weighted by Gasteiger charge is -2.19. The number of nitrogens with zero attached hydrogens (tertiary/aromatic N) is 2. The summed E-state index contributed by atoms with van der Waals surface area (Å²) in [4.78, 5) is 4.41. The number of nitrogens with two attached hydrogens (primary N) is 1. The van der Waals surface area contributed by atoms with Crippen LogP contribution in [-0.2, 0) is 16.7 Å². The molecule has 21 heavy (non-hydrogen) atoms. The molecule has 1 unspecified atom stereocenters. The second-order valence-electron chi connectivity index (χ2n) is 5.59. The maximum atomic E-state index is 6.21. The lowest BCUT2D eigenvalue weighted by Crippen LogP contribution is -2.39. The van der Waals surface area contributed by atoms with Crippen molar-refractivity contribution in [3.63, 3.8) is 0 Å². The van der Waals surface area contributed by atoms with Gasteiger partial charge < -0.3 is 15.0 Å². The van der Waals surface area contributed by atoms with Crippen molar-refractivity contribution < 1.29 is 9.26 Å². The molecular weight excluding hydrogens is 266 g/mol. The van der Waals surface area contributed by atoms with Gasteiger partial charge in [0.2, 0.25) is 5.89 Å². The molecule has 2 N–H and O–H groups in total. The van der Waals surface area contributed by atoms with Crippen LogP contribution in [0.25, 0.3) is 0 Å². The topological polar surface area (TPSA) is 74.2 Å². The van der Waals surface area contributed by atoms with E-state index in [9.17, 15) is 0 Å². The van der Waals surface area contributed by atoms with Crippen molar-refractivity contribution in [3.8, 4) is 0 Å². The van der Waals surface area contributed by atoms with Crippen molar-refractivity contribution in [2.45, 2.75) is 39.2 Å². The molecule has 5 heteroatoms. The van der Waals surface area contributed by atoms with Crippen LogP contribution in [0.15, 0.2) is 28.8 Å². The van der Waals surface area contributed by atoms with Crippen LogP contribution in [0.2, 0.25) is 0 Å². The van der Waals surface area contributed by atoms with Crippen molar-refractivity contribution in [2.75, 3.05) is 13.2 Å². The molecule has 1 aromatic heterocycles. The van der Waals surface area contributed by atoms with Crippen LogP contribution in [0.1, 0.15) is 43.1 Å². The Bertz CT molecular complexity index is 578. The molecule has 114 valence electrons. The van der Waals surface area contributed by atoms with Crippen LogP contribution in [0.4, 0.5) is 0 Å². The first-order valence-electron chi connectivity index (χ1n) is 7.27. The van der Waals surface area contributed by atoms with Crippen molar-refractivity contribution in [1.29, 1.82) is 0 Å². The van der Waals surface area contributed by atoms with Crippen LogP contribution in [-0.4, -0.2) is 23.4 Å². The molecule has 5 nitrogen and oxygen atoms in total. The standard InChI is InChI=1S/C16H23N3O2/c1-4-9-20-11-16(3,17)15-18-14(21-19-15)10-13-8-6-5-7-12(13)2/h5-8H,4,9-11,17H2,1-3H3. The molecule has 0 radical (unpaired) electrons. The molecule has 1 atom stereocenters. The lowest BCUT2D eigenvalue weighted by molar-refractivity contribution is 0.0867. The third-order valence-electron chi connectivity index (χ3n) is 3.33. The predicted octanol–water partition coefficient (Wildman–Crippen LogP) is 2.57. The van der Waals surface area contributed by atoms with Gasteiger partial charge in [0.15, 0.2) is 5.82 Å². The quantitative estimate of drug-likeness (QED) is 0.793. The Morgan fingerprint density at radius 3 is 2.81 bits per heavy atom. The average molecular weight is 289 g/mol. The Morgan fingerprint density at radius 1 is 1.33 bits per heavy atom. The Labute approximate surface area is 125 Å². The van der Waals surface area contributed by atoms with Gasteiger partial charge in [0.1, 0.15) is 5.54 Å². The first-order valence-corrected chi connectivity index (χ1v) is 7.27. The second kappa shape index (κ2) is 6.83. The summed E-state index contributed by atoms with van der Waals surface area (Å²) in [6.45, 7) is 7.04. The number of benzene rings is 1.